The molecule has 0 amide bonds. The Morgan fingerprint density at radius 3 is 2.83 bits per heavy atom. The van der Waals surface area contributed by atoms with Crippen LogP contribution in [0.15, 0.2) is 30.9 Å². The van der Waals surface area contributed by atoms with Gasteiger partial charge in [-0.05, 0) is 19.4 Å². The lowest BCUT2D eigenvalue weighted by Crippen LogP contribution is -2.17. The third-order valence-electron chi connectivity index (χ3n) is 4.73. The van der Waals surface area contributed by atoms with Crippen LogP contribution in [-0.2, 0) is 24.9 Å². The zero-order valence-electron chi connectivity index (χ0n) is 16.4. The topological polar surface area (TPSA) is 114 Å². The van der Waals surface area contributed by atoms with E-state index >= 15 is 0 Å². The monoisotopic (exact) mass is 417 g/mol. The first kappa shape index (κ1) is 20.0. The summed E-state index contributed by atoms with van der Waals surface area (Å²) < 4.78 is 31.7. The molecule has 0 aliphatic carbocycles. The average Bonchev–Trinajstić information content (AvgIpc) is 3.09. The number of fused-ring (bicyclic) bond motifs is 1. The van der Waals surface area contributed by atoms with E-state index in [1.165, 1.54) is 6.33 Å². The van der Waals surface area contributed by atoms with E-state index in [-0.39, 0.29) is 12.5 Å². The minimum atomic E-state index is -3.32. The molecular formula is C19H24N5O4P. The third-order valence-corrected chi connectivity index (χ3v) is 6.38. The van der Waals surface area contributed by atoms with Crippen molar-refractivity contribution in [3.8, 4) is 0 Å². The Morgan fingerprint density at radius 1 is 1.24 bits per heavy atom. The van der Waals surface area contributed by atoms with Crippen LogP contribution in [0.5, 0.6) is 0 Å². The van der Waals surface area contributed by atoms with Gasteiger partial charge in [-0.25, -0.2) is 15.0 Å². The molecule has 0 radical (unpaired) electrons. The van der Waals surface area contributed by atoms with E-state index in [1.54, 1.807) is 6.33 Å². The molecule has 3 aromatic rings. The molecule has 1 aromatic carbocycles. The van der Waals surface area contributed by atoms with Crippen LogP contribution in [0.2, 0.25) is 0 Å². The van der Waals surface area contributed by atoms with Gasteiger partial charge in [0, 0.05) is 13.0 Å². The summed E-state index contributed by atoms with van der Waals surface area (Å²) in [5, 5.41) is 0. The van der Waals surface area contributed by atoms with Crippen molar-refractivity contribution in [3.05, 3.63) is 47.5 Å². The van der Waals surface area contributed by atoms with Crippen LogP contribution < -0.4 is 5.73 Å². The fourth-order valence-electron chi connectivity index (χ4n) is 3.47. The summed E-state index contributed by atoms with van der Waals surface area (Å²) in [6.07, 6.45) is 3.33. The molecule has 1 fully saturated rings. The highest BCUT2D eigenvalue weighted by molar-refractivity contribution is 7.53. The maximum Gasteiger partial charge on any atom is 0.356 e. The fourth-order valence-corrected chi connectivity index (χ4v) is 5.02. The normalized spacial score (nSPS) is 22.2. The number of imidazole rings is 1. The highest BCUT2D eigenvalue weighted by Gasteiger charge is 2.34. The summed E-state index contributed by atoms with van der Waals surface area (Å²) in [7, 11) is -3.32. The van der Waals surface area contributed by atoms with Gasteiger partial charge in [0.25, 0.3) is 0 Å². The van der Waals surface area contributed by atoms with Crippen molar-refractivity contribution in [3.63, 3.8) is 0 Å². The van der Waals surface area contributed by atoms with E-state index in [2.05, 4.69) is 33.2 Å². The molecule has 1 saturated heterocycles. The lowest BCUT2D eigenvalue weighted by molar-refractivity contribution is 0.0563. The van der Waals surface area contributed by atoms with Gasteiger partial charge in [0.15, 0.2) is 11.5 Å². The molecule has 0 spiro atoms. The Hall–Kier alpha value is -2.32. The van der Waals surface area contributed by atoms with Gasteiger partial charge in [-0.2, -0.15) is 0 Å². The summed E-state index contributed by atoms with van der Waals surface area (Å²) >= 11 is 0. The molecule has 0 saturated carbocycles. The highest BCUT2D eigenvalue weighted by Crippen LogP contribution is 2.56. The number of aromatic nitrogens is 4. The largest absolute Gasteiger partial charge is 0.382 e. The van der Waals surface area contributed by atoms with Crippen molar-refractivity contribution in [2.75, 3.05) is 25.3 Å². The smallest absolute Gasteiger partial charge is 0.356 e. The Kier molecular flexibility index (Phi) is 5.65. The standard InChI is InChI=1S/C19H24N5O4P/c1-13-7-14(2)9-15(8-13)16-3-5-27-29(25,28-16)12-26-6-4-24-11-23-17-18(20)21-10-22-19(17)24/h7-11,16H,3-6,12H2,1-2H3,(H2,20,21,22). The first-order valence-electron chi connectivity index (χ1n) is 9.43. The van der Waals surface area contributed by atoms with Gasteiger partial charge in [-0.3, -0.25) is 9.09 Å². The lowest BCUT2D eigenvalue weighted by atomic mass is 10.0. The van der Waals surface area contributed by atoms with Gasteiger partial charge in [-0.1, -0.05) is 29.3 Å². The zero-order valence-corrected chi connectivity index (χ0v) is 17.3. The third kappa shape index (κ3) is 4.48. The number of benzene rings is 1. The second-order valence-electron chi connectivity index (χ2n) is 7.15. The number of ether oxygens (including phenoxy) is 1. The quantitative estimate of drug-likeness (QED) is 0.480. The van der Waals surface area contributed by atoms with Crippen molar-refractivity contribution in [2.45, 2.75) is 32.9 Å². The SMILES string of the molecule is Cc1cc(C)cc(C2CCOP(=O)(COCCn3cnc4c(N)ncnc43)O2)c1. The predicted molar refractivity (Wildman–Crippen MR) is 108 cm³/mol. The van der Waals surface area contributed by atoms with Crippen molar-refractivity contribution < 1.29 is 18.3 Å². The van der Waals surface area contributed by atoms with Crippen LogP contribution in [0.25, 0.3) is 11.2 Å². The molecule has 3 heterocycles. The first-order valence-corrected chi connectivity index (χ1v) is 11.2. The Balaban J connectivity index is 1.35. The van der Waals surface area contributed by atoms with E-state index in [1.807, 2.05) is 18.4 Å². The number of anilines is 1. The van der Waals surface area contributed by atoms with Crippen molar-refractivity contribution in [1.82, 2.24) is 19.5 Å². The summed E-state index contributed by atoms with van der Waals surface area (Å²) in [4.78, 5) is 12.3. The molecule has 1 aliphatic rings. The number of nitrogens with two attached hydrogens (primary N) is 1. The molecule has 2 N–H and O–H groups in total. The van der Waals surface area contributed by atoms with Crippen LogP contribution in [-0.4, -0.2) is 39.1 Å². The van der Waals surface area contributed by atoms with Crippen LogP contribution in [0.1, 0.15) is 29.2 Å². The van der Waals surface area contributed by atoms with Crippen LogP contribution >= 0.6 is 7.60 Å². The number of aryl methyl sites for hydroxylation is 2. The van der Waals surface area contributed by atoms with E-state index in [4.69, 9.17) is 19.5 Å². The number of rotatable bonds is 6. The average molecular weight is 417 g/mol. The Labute approximate surface area is 168 Å². The predicted octanol–water partition coefficient (Wildman–Crippen LogP) is 3.37. The van der Waals surface area contributed by atoms with Crippen molar-refractivity contribution in [2.24, 2.45) is 0 Å². The summed E-state index contributed by atoms with van der Waals surface area (Å²) in [5.41, 5.74) is 10.3. The summed E-state index contributed by atoms with van der Waals surface area (Å²) in [6.45, 7) is 5.24. The van der Waals surface area contributed by atoms with Crippen molar-refractivity contribution >= 4 is 24.6 Å². The van der Waals surface area contributed by atoms with Gasteiger partial charge in [0.05, 0.1) is 25.6 Å². The van der Waals surface area contributed by atoms with Crippen LogP contribution in [0.3, 0.4) is 0 Å². The van der Waals surface area contributed by atoms with Crippen LogP contribution in [0, 0.1) is 13.8 Å². The molecular weight excluding hydrogens is 393 g/mol. The summed E-state index contributed by atoms with van der Waals surface area (Å²) in [6, 6.07) is 6.22. The maximum atomic E-state index is 13.0. The molecule has 2 aromatic heterocycles. The van der Waals surface area contributed by atoms with Gasteiger partial charge in [-0.15, -0.1) is 0 Å². The minimum absolute atomic E-state index is 0.0992. The molecule has 29 heavy (non-hydrogen) atoms. The highest BCUT2D eigenvalue weighted by atomic mass is 31.2. The minimum Gasteiger partial charge on any atom is -0.382 e. The van der Waals surface area contributed by atoms with E-state index in [0.717, 1.165) is 16.7 Å². The van der Waals surface area contributed by atoms with E-state index in [9.17, 15) is 4.57 Å². The lowest BCUT2D eigenvalue weighted by Gasteiger charge is -2.30. The fraction of sp³-hybridized carbons (Fsp3) is 0.421. The molecule has 2 atom stereocenters. The van der Waals surface area contributed by atoms with Crippen molar-refractivity contribution in [1.29, 1.82) is 0 Å². The molecule has 1 aliphatic heterocycles. The van der Waals surface area contributed by atoms with Gasteiger partial charge in [0.1, 0.15) is 18.2 Å². The molecule has 2 unspecified atom stereocenters. The number of nitrogens with zero attached hydrogens (tertiary/aromatic N) is 4. The molecule has 9 nitrogen and oxygen atoms in total. The number of nitrogen functional groups attached to an aromatic ring is 1. The molecule has 4 rings (SSSR count). The van der Waals surface area contributed by atoms with Gasteiger partial charge >= 0.3 is 7.60 Å². The van der Waals surface area contributed by atoms with Crippen LogP contribution in [0.4, 0.5) is 5.82 Å². The number of hydrogen-bond acceptors (Lipinski definition) is 8. The van der Waals surface area contributed by atoms with Gasteiger partial charge < -0.3 is 19.6 Å². The Bertz CT molecular complexity index is 1050. The summed E-state index contributed by atoms with van der Waals surface area (Å²) in [5.74, 6) is 0.334. The zero-order chi connectivity index (χ0) is 20.4. The number of hydrogen-bond donors (Lipinski definition) is 1. The van der Waals surface area contributed by atoms with E-state index in [0.29, 0.717) is 43.2 Å². The maximum absolute atomic E-state index is 13.0. The molecule has 0 bridgehead atoms. The van der Waals surface area contributed by atoms with Gasteiger partial charge in [0.2, 0.25) is 0 Å². The van der Waals surface area contributed by atoms with E-state index < -0.39 is 7.60 Å². The second kappa shape index (κ2) is 8.20. The first-order chi connectivity index (χ1) is 13.9. The molecule has 154 valence electrons. The Morgan fingerprint density at radius 2 is 2.03 bits per heavy atom. The second-order valence-corrected chi connectivity index (χ2v) is 9.10. The molecule has 10 heteroatoms.